The van der Waals surface area contributed by atoms with Crippen molar-refractivity contribution in [2.45, 2.75) is 70.3 Å². The molecule has 1 saturated heterocycles. The van der Waals surface area contributed by atoms with Crippen molar-refractivity contribution < 1.29 is 28.5 Å². The van der Waals surface area contributed by atoms with Gasteiger partial charge in [-0.05, 0) is 25.5 Å². The fraction of sp³-hybridized carbons (Fsp3) is 0.650. The number of hydrogen-bond donors (Lipinski definition) is 3. The van der Waals surface area contributed by atoms with E-state index in [4.69, 9.17) is 19.7 Å². The van der Waals surface area contributed by atoms with Crippen LogP contribution >= 0.6 is 8.18 Å². The van der Waals surface area contributed by atoms with E-state index in [1.54, 1.807) is 17.5 Å². The zero-order valence-corrected chi connectivity index (χ0v) is 19.4. The van der Waals surface area contributed by atoms with E-state index >= 15 is 0 Å². The van der Waals surface area contributed by atoms with Crippen LogP contribution in [0.2, 0.25) is 0 Å². The summed E-state index contributed by atoms with van der Waals surface area (Å²) >= 11 is 0. The number of esters is 1. The number of unbranched alkanes of at least 4 members (excludes halogenated alkanes) is 3. The van der Waals surface area contributed by atoms with Crippen molar-refractivity contribution in [3.8, 4) is 0 Å². The molecule has 0 radical (unpaired) electrons. The van der Waals surface area contributed by atoms with Gasteiger partial charge in [0.25, 0.3) is 8.18 Å². The fourth-order valence-corrected chi connectivity index (χ4v) is 4.42. The number of nitrogens with two attached hydrogens (primary N) is 1. The largest absolute Gasteiger partial charge is 0.465 e. The first-order valence-electron chi connectivity index (χ1n) is 10.9. The predicted octanol–water partition coefficient (Wildman–Crippen LogP) is 2.01. The van der Waals surface area contributed by atoms with Gasteiger partial charge in [0, 0.05) is 6.42 Å². The van der Waals surface area contributed by atoms with E-state index in [-0.39, 0.29) is 6.61 Å². The molecule has 11 nitrogen and oxygen atoms in total. The molecule has 0 saturated carbocycles. The number of aliphatic hydroxyl groups excluding tert-OH is 1. The van der Waals surface area contributed by atoms with Crippen molar-refractivity contribution in [3.05, 3.63) is 24.2 Å². The van der Waals surface area contributed by atoms with E-state index < -0.39 is 38.5 Å². The first kappa shape index (κ1) is 24.6. The quantitative estimate of drug-likeness (QED) is 0.239. The third-order valence-electron chi connectivity index (χ3n) is 5.37. The molecule has 12 heteroatoms. The third kappa shape index (κ3) is 6.26. The number of fused-ring (bicyclic) bond motifs is 1. The first-order chi connectivity index (χ1) is 15.4. The number of anilines is 1. The summed E-state index contributed by atoms with van der Waals surface area (Å²) < 4.78 is 30.3. The molecule has 3 heterocycles. The molecule has 1 fully saturated rings. The summed E-state index contributed by atoms with van der Waals surface area (Å²) in [5, 5.41) is 17.2. The van der Waals surface area contributed by atoms with Crippen LogP contribution in [0.15, 0.2) is 18.5 Å². The highest BCUT2D eigenvalue weighted by molar-refractivity contribution is 7.36. The molecular formula is C20H32N5O6P. The maximum absolute atomic E-state index is 12.2. The van der Waals surface area contributed by atoms with Gasteiger partial charge in [-0.3, -0.25) is 9.36 Å². The Bertz CT molecular complexity index is 925. The Labute approximate surface area is 187 Å². The van der Waals surface area contributed by atoms with Gasteiger partial charge in [0.1, 0.15) is 30.1 Å². The van der Waals surface area contributed by atoms with Gasteiger partial charge in [0.15, 0.2) is 5.82 Å². The van der Waals surface area contributed by atoms with Crippen LogP contribution in [-0.2, 0) is 23.4 Å². The standard InChI is InChI=1S/C20H32N5O6P/c1-3-4-5-6-9-29-20(27)13(2)24-32(28)30-11-18-16(26)10-17(31-18)14-7-8-15-19(21)22-12-23-25(14)15/h7-8,12-13,16-18,26,32H,3-6,9-11H2,1-2H3,(H,24,28)(H2,21,22,23)/t13-,16-,17+,18+/m0/s1. The van der Waals surface area contributed by atoms with Crippen molar-refractivity contribution in [3.63, 3.8) is 0 Å². The van der Waals surface area contributed by atoms with Crippen molar-refractivity contribution >= 4 is 25.5 Å². The summed E-state index contributed by atoms with van der Waals surface area (Å²) in [6.45, 7) is 3.95. The SMILES string of the molecule is CCCCCCOC(=O)[C@H](C)N[PH](=O)OC[C@H]1O[C@@H](c2ccc3c(N)ncnn23)C[C@@H]1O. The van der Waals surface area contributed by atoms with E-state index in [9.17, 15) is 14.5 Å². The molecule has 2 aromatic rings. The number of nitrogen functional groups attached to an aromatic ring is 1. The average Bonchev–Trinajstić information content (AvgIpc) is 3.36. The first-order valence-corrected chi connectivity index (χ1v) is 12.2. The minimum atomic E-state index is -2.73. The lowest BCUT2D eigenvalue weighted by atomic mass is 10.1. The summed E-state index contributed by atoms with van der Waals surface area (Å²) in [7, 11) is -2.73. The monoisotopic (exact) mass is 469 g/mol. The lowest BCUT2D eigenvalue weighted by molar-refractivity contribution is -0.145. The average molecular weight is 469 g/mol. The summed E-state index contributed by atoms with van der Waals surface area (Å²) in [6, 6.07) is 2.85. The van der Waals surface area contributed by atoms with Crippen LogP contribution < -0.4 is 10.8 Å². The number of rotatable bonds is 12. The molecule has 32 heavy (non-hydrogen) atoms. The highest BCUT2D eigenvalue weighted by atomic mass is 31.1. The molecule has 0 aromatic carbocycles. The molecule has 0 bridgehead atoms. The Morgan fingerprint density at radius 2 is 2.25 bits per heavy atom. The second-order valence-corrected chi connectivity index (χ2v) is 9.01. The van der Waals surface area contributed by atoms with Crippen molar-refractivity contribution in [1.29, 1.82) is 0 Å². The van der Waals surface area contributed by atoms with Crippen LogP contribution in [0.1, 0.15) is 57.7 Å². The van der Waals surface area contributed by atoms with Crippen molar-refractivity contribution in [1.82, 2.24) is 19.7 Å². The number of ether oxygens (including phenoxy) is 2. The number of aromatic nitrogens is 3. The molecular weight excluding hydrogens is 437 g/mol. The van der Waals surface area contributed by atoms with Gasteiger partial charge in [-0.25, -0.2) is 14.6 Å². The van der Waals surface area contributed by atoms with Crippen LogP contribution in [0.5, 0.6) is 0 Å². The molecule has 4 N–H and O–H groups in total. The Morgan fingerprint density at radius 1 is 1.44 bits per heavy atom. The van der Waals surface area contributed by atoms with Gasteiger partial charge in [-0.15, -0.1) is 0 Å². The van der Waals surface area contributed by atoms with Gasteiger partial charge in [-0.1, -0.05) is 26.2 Å². The van der Waals surface area contributed by atoms with E-state index in [1.807, 2.05) is 6.07 Å². The predicted molar refractivity (Wildman–Crippen MR) is 118 cm³/mol. The number of nitrogens with one attached hydrogen (secondary N) is 1. The van der Waals surface area contributed by atoms with E-state index in [0.29, 0.717) is 24.4 Å². The van der Waals surface area contributed by atoms with E-state index in [2.05, 4.69) is 22.1 Å². The number of aliphatic hydroxyl groups is 1. The minimum Gasteiger partial charge on any atom is -0.465 e. The Balaban J connectivity index is 1.44. The van der Waals surface area contributed by atoms with Gasteiger partial charge in [0.2, 0.25) is 0 Å². The molecule has 5 atom stereocenters. The molecule has 1 aliphatic heterocycles. The van der Waals surface area contributed by atoms with E-state index in [0.717, 1.165) is 31.4 Å². The molecule has 1 unspecified atom stereocenters. The topological polar surface area (TPSA) is 150 Å². The summed E-state index contributed by atoms with van der Waals surface area (Å²) in [5.41, 5.74) is 7.24. The smallest absolute Gasteiger partial charge is 0.323 e. The van der Waals surface area contributed by atoms with Gasteiger partial charge >= 0.3 is 5.97 Å². The normalized spacial score (nSPS) is 22.8. The Morgan fingerprint density at radius 3 is 3.03 bits per heavy atom. The van der Waals surface area contributed by atoms with Crippen LogP contribution in [0.25, 0.3) is 5.52 Å². The fourth-order valence-electron chi connectivity index (χ4n) is 3.55. The number of carbonyl (C=O) groups excluding carboxylic acids is 1. The maximum Gasteiger partial charge on any atom is 0.323 e. The van der Waals surface area contributed by atoms with Crippen LogP contribution in [-0.4, -0.2) is 57.1 Å². The number of hydrogen-bond acceptors (Lipinski definition) is 9. The molecule has 0 amide bonds. The third-order valence-corrected chi connectivity index (χ3v) is 6.47. The lowest BCUT2D eigenvalue weighted by Crippen LogP contribution is -2.32. The van der Waals surface area contributed by atoms with Gasteiger partial charge < -0.3 is 24.8 Å². The summed E-state index contributed by atoms with van der Waals surface area (Å²) in [4.78, 5) is 15.9. The summed E-state index contributed by atoms with van der Waals surface area (Å²) in [6.07, 6.45) is 3.83. The number of nitrogens with zero attached hydrogens (tertiary/aromatic N) is 3. The molecule has 3 rings (SSSR count). The maximum atomic E-state index is 12.2. The Hall–Kier alpha value is -2.04. The van der Waals surface area contributed by atoms with Gasteiger partial charge in [0.05, 0.1) is 25.0 Å². The van der Waals surface area contributed by atoms with Crippen LogP contribution in [0, 0.1) is 0 Å². The zero-order chi connectivity index (χ0) is 23.1. The molecule has 178 valence electrons. The number of carbonyl (C=O) groups is 1. The highest BCUT2D eigenvalue weighted by Crippen LogP contribution is 2.35. The highest BCUT2D eigenvalue weighted by Gasteiger charge is 2.37. The second kappa shape index (κ2) is 11.7. The lowest BCUT2D eigenvalue weighted by Gasteiger charge is -2.17. The van der Waals surface area contributed by atoms with Crippen molar-refractivity contribution in [2.75, 3.05) is 18.9 Å². The zero-order valence-electron chi connectivity index (χ0n) is 18.4. The summed E-state index contributed by atoms with van der Waals surface area (Å²) in [5.74, 6) is -0.120. The molecule has 0 aliphatic carbocycles. The van der Waals surface area contributed by atoms with Crippen molar-refractivity contribution in [2.24, 2.45) is 0 Å². The Kier molecular flexibility index (Phi) is 9.01. The molecule has 1 aliphatic rings. The molecule has 2 aromatic heterocycles. The van der Waals surface area contributed by atoms with E-state index in [1.165, 1.54) is 6.33 Å². The van der Waals surface area contributed by atoms with Crippen LogP contribution in [0.4, 0.5) is 5.82 Å². The van der Waals surface area contributed by atoms with Gasteiger partial charge in [-0.2, -0.15) is 5.10 Å². The van der Waals surface area contributed by atoms with Crippen LogP contribution in [0.3, 0.4) is 0 Å². The molecule has 0 spiro atoms. The minimum absolute atomic E-state index is 0.0817. The second-order valence-electron chi connectivity index (χ2n) is 7.86.